The fraction of sp³-hybridized carbons (Fsp3) is 0.500. The molecule has 4 heteroatoms. The van der Waals surface area contributed by atoms with Gasteiger partial charge in [0.2, 0.25) is 5.91 Å². The second-order valence-electron chi connectivity index (χ2n) is 6.10. The number of carboxylic acid groups (broad SMARTS) is 1. The normalized spacial score (nSPS) is 22.1. The quantitative estimate of drug-likeness (QED) is 0.863. The van der Waals surface area contributed by atoms with Gasteiger partial charge in [-0.15, -0.1) is 0 Å². The van der Waals surface area contributed by atoms with Gasteiger partial charge in [-0.05, 0) is 35.8 Å². The predicted molar refractivity (Wildman–Crippen MR) is 74.4 cm³/mol. The van der Waals surface area contributed by atoms with Crippen LogP contribution in [0.1, 0.15) is 42.7 Å². The van der Waals surface area contributed by atoms with Gasteiger partial charge in [-0.3, -0.25) is 9.59 Å². The summed E-state index contributed by atoms with van der Waals surface area (Å²) in [6.07, 6.45) is 3.83. The highest BCUT2D eigenvalue weighted by molar-refractivity contribution is 5.86. The lowest BCUT2D eigenvalue weighted by molar-refractivity contribution is -0.142. The summed E-state index contributed by atoms with van der Waals surface area (Å²) >= 11 is 0. The van der Waals surface area contributed by atoms with E-state index in [1.54, 1.807) is 0 Å². The van der Waals surface area contributed by atoms with E-state index in [1.165, 1.54) is 5.56 Å². The highest BCUT2D eigenvalue weighted by Gasteiger charge is 2.40. The molecule has 4 nitrogen and oxygen atoms in total. The molecule has 2 aliphatic rings. The molecule has 1 atom stereocenters. The Kier molecular flexibility index (Phi) is 3.24. The highest BCUT2D eigenvalue weighted by Crippen LogP contribution is 2.43. The maximum atomic E-state index is 12.2. The van der Waals surface area contributed by atoms with Gasteiger partial charge in [-0.25, -0.2) is 0 Å². The van der Waals surface area contributed by atoms with Crippen molar-refractivity contribution in [3.8, 4) is 0 Å². The molecule has 1 unspecified atom stereocenters. The largest absolute Gasteiger partial charge is 0.481 e. The van der Waals surface area contributed by atoms with Gasteiger partial charge < -0.3 is 10.4 Å². The van der Waals surface area contributed by atoms with Crippen LogP contribution >= 0.6 is 0 Å². The summed E-state index contributed by atoms with van der Waals surface area (Å²) in [5, 5.41) is 11.9. The van der Waals surface area contributed by atoms with Crippen LogP contribution in [0.25, 0.3) is 0 Å². The molecular formula is C16H19NO3. The average molecular weight is 273 g/mol. The number of aliphatic carboxylic acids is 1. The van der Waals surface area contributed by atoms with Crippen molar-refractivity contribution in [3.63, 3.8) is 0 Å². The van der Waals surface area contributed by atoms with Gasteiger partial charge >= 0.3 is 5.97 Å². The Balaban J connectivity index is 1.57. The molecule has 106 valence electrons. The van der Waals surface area contributed by atoms with Crippen molar-refractivity contribution >= 4 is 11.9 Å². The van der Waals surface area contributed by atoms with Crippen molar-refractivity contribution < 1.29 is 14.7 Å². The molecule has 0 saturated heterocycles. The number of nitrogens with one attached hydrogen (secondary N) is 1. The molecule has 0 bridgehead atoms. The molecule has 1 aromatic rings. The fourth-order valence-electron chi connectivity index (χ4n) is 3.30. The Bertz CT molecular complexity index is 548. The number of amides is 1. The Morgan fingerprint density at radius 1 is 1.30 bits per heavy atom. The van der Waals surface area contributed by atoms with E-state index in [-0.39, 0.29) is 23.7 Å². The fourth-order valence-corrected chi connectivity index (χ4v) is 3.30. The van der Waals surface area contributed by atoms with Crippen LogP contribution in [0.2, 0.25) is 0 Å². The molecule has 0 aliphatic heterocycles. The SMILES string of the molecule is O=C(O)CC1(CNC(=O)C2Cc3ccccc32)CCC1. The lowest BCUT2D eigenvalue weighted by Gasteiger charge is -2.41. The van der Waals surface area contributed by atoms with E-state index in [0.717, 1.165) is 31.2 Å². The molecule has 3 rings (SSSR count). The van der Waals surface area contributed by atoms with E-state index in [1.807, 2.05) is 18.2 Å². The van der Waals surface area contributed by atoms with Crippen LogP contribution in [0.4, 0.5) is 0 Å². The van der Waals surface area contributed by atoms with Crippen LogP contribution < -0.4 is 5.32 Å². The van der Waals surface area contributed by atoms with Crippen molar-refractivity contribution in [2.75, 3.05) is 6.54 Å². The van der Waals surface area contributed by atoms with Crippen LogP contribution in [-0.2, 0) is 16.0 Å². The van der Waals surface area contributed by atoms with Crippen LogP contribution in [-0.4, -0.2) is 23.5 Å². The van der Waals surface area contributed by atoms with Gasteiger partial charge in [0.1, 0.15) is 0 Å². The summed E-state index contributed by atoms with van der Waals surface area (Å²) in [4.78, 5) is 23.1. The summed E-state index contributed by atoms with van der Waals surface area (Å²) in [7, 11) is 0. The number of carbonyl (C=O) groups is 2. The number of hydrogen-bond acceptors (Lipinski definition) is 2. The molecule has 0 aromatic heterocycles. The molecule has 1 aromatic carbocycles. The van der Waals surface area contributed by atoms with E-state index in [0.29, 0.717) is 6.54 Å². The topological polar surface area (TPSA) is 66.4 Å². The third-order valence-electron chi connectivity index (χ3n) is 4.75. The molecule has 0 heterocycles. The molecule has 2 aliphatic carbocycles. The van der Waals surface area contributed by atoms with Gasteiger partial charge in [0, 0.05) is 6.54 Å². The maximum absolute atomic E-state index is 12.2. The summed E-state index contributed by atoms with van der Waals surface area (Å²) < 4.78 is 0. The first-order valence-electron chi connectivity index (χ1n) is 7.17. The van der Waals surface area contributed by atoms with E-state index in [4.69, 9.17) is 5.11 Å². The zero-order valence-electron chi connectivity index (χ0n) is 11.4. The monoisotopic (exact) mass is 273 g/mol. The van der Waals surface area contributed by atoms with E-state index < -0.39 is 5.97 Å². The first-order chi connectivity index (χ1) is 9.60. The summed E-state index contributed by atoms with van der Waals surface area (Å²) in [6.45, 7) is 0.497. The zero-order valence-corrected chi connectivity index (χ0v) is 11.4. The summed E-state index contributed by atoms with van der Waals surface area (Å²) in [5.74, 6) is -0.776. The molecule has 1 saturated carbocycles. The minimum absolute atomic E-state index is 0.0420. The third-order valence-corrected chi connectivity index (χ3v) is 4.75. The predicted octanol–water partition coefficient (Wildman–Crippen LogP) is 2.09. The van der Waals surface area contributed by atoms with Crippen LogP contribution in [0, 0.1) is 5.41 Å². The van der Waals surface area contributed by atoms with Gasteiger partial charge in [-0.1, -0.05) is 30.7 Å². The third kappa shape index (κ3) is 2.30. The highest BCUT2D eigenvalue weighted by atomic mass is 16.4. The van der Waals surface area contributed by atoms with Crippen molar-refractivity contribution in [3.05, 3.63) is 35.4 Å². The molecule has 2 N–H and O–H groups in total. The van der Waals surface area contributed by atoms with Crippen LogP contribution in [0.5, 0.6) is 0 Å². The van der Waals surface area contributed by atoms with Gasteiger partial charge in [-0.2, -0.15) is 0 Å². The molecule has 1 fully saturated rings. The zero-order chi connectivity index (χ0) is 14.2. The number of rotatable bonds is 5. The summed E-state index contributed by atoms with van der Waals surface area (Å²) in [6, 6.07) is 8.00. The van der Waals surface area contributed by atoms with Gasteiger partial charge in [0.05, 0.1) is 12.3 Å². The minimum Gasteiger partial charge on any atom is -0.481 e. The Morgan fingerprint density at radius 2 is 2.05 bits per heavy atom. The summed E-state index contributed by atoms with van der Waals surface area (Å²) in [5.41, 5.74) is 2.16. The van der Waals surface area contributed by atoms with E-state index >= 15 is 0 Å². The second kappa shape index (κ2) is 4.93. The molecule has 0 radical (unpaired) electrons. The van der Waals surface area contributed by atoms with Crippen molar-refractivity contribution in [1.82, 2.24) is 5.32 Å². The minimum atomic E-state index is -0.770. The number of carbonyl (C=O) groups excluding carboxylic acids is 1. The van der Waals surface area contributed by atoms with Crippen LogP contribution in [0.15, 0.2) is 24.3 Å². The smallest absolute Gasteiger partial charge is 0.303 e. The Morgan fingerprint density at radius 3 is 2.65 bits per heavy atom. The van der Waals surface area contributed by atoms with Gasteiger partial charge in [0.15, 0.2) is 0 Å². The van der Waals surface area contributed by atoms with Crippen molar-refractivity contribution in [2.24, 2.45) is 5.41 Å². The Hall–Kier alpha value is -1.84. The first-order valence-corrected chi connectivity index (χ1v) is 7.17. The number of benzene rings is 1. The van der Waals surface area contributed by atoms with Crippen molar-refractivity contribution in [2.45, 2.75) is 38.0 Å². The molecule has 20 heavy (non-hydrogen) atoms. The Labute approximate surface area is 118 Å². The molecule has 1 amide bonds. The maximum Gasteiger partial charge on any atom is 0.303 e. The second-order valence-corrected chi connectivity index (χ2v) is 6.10. The van der Waals surface area contributed by atoms with E-state index in [9.17, 15) is 9.59 Å². The van der Waals surface area contributed by atoms with Gasteiger partial charge in [0.25, 0.3) is 0 Å². The number of fused-ring (bicyclic) bond motifs is 1. The molecule has 0 spiro atoms. The van der Waals surface area contributed by atoms with E-state index in [2.05, 4.69) is 11.4 Å². The lowest BCUT2D eigenvalue weighted by atomic mass is 9.66. The van der Waals surface area contributed by atoms with Crippen molar-refractivity contribution in [1.29, 1.82) is 0 Å². The van der Waals surface area contributed by atoms with Crippen LogP contribution in [0.3, 0.4) is 0 Å². The molecular weight excluding hydrogens is 254 g/mol. The average Bonchev–Trinajstić information content (AvgIpc) is 2.33. The first kappa shape index (κ1) is 13.2. The standard InChI is InChI=1S/C16H19NO3/c18-14(19)9-16(6-3-7-16)10-17-15(20)13-8-11-4-1-2-5-12(11)13/h1-2,4-5,13H,3,6-10H2,(H,17,20)(H,18,19). The number of carboxylic acids is 1. The lowest BCUT2D eigenvalue weighted by Crippen LogP contribution is -2.46. The number of hydrogen-bond donors (Lipinski definition) is 2.